The minimum absolute atomic E-state index is 0.491. The van der Waals surface area contributed by atoms with Crippen LogP contribution in [0.5, 0.6) is 17.2 Å². The number of ether oxygens (including phenoxy) is 3. The summed E-state index contributed by atoms with van der Waals surface area (Å²) in [4.78, 5) is 0. The molecule has 0 aliphatic rings. The molecule has 2 aromatic rings. The molecule has 128 valence electrons. The van der Waals surface area contributed by atoms with Crippen LogP contribution in [0.3, 0.4) is 0 Å². The predicted molar refractivity (Wildman–Crippen MR) is 102 cm³/mol. The number of para-hydroxylation sites is 1. The first-order valence-electron chi connectivity index (χ1n) is 7.58. The van der Waals surface area contributed by atoms with Gasteiger partial charge in [0.25, 0.3) is 0 Å². The fraction of sp³-hybridized carbons (Fsp3) is 0.278. The summed E-state index contributed by atoms with van der Waals surface area (Å²) in [7, 11) is 4.73. The lowest BCUT2D eigenvalue weighted by Gasteiger charge is -2.17. The van der Waals surface area contributed by atoms with Crippen molar-refractivity contribution in [3.8, 4) is 17.2 Å². The third-order valence-electron chi connectivity index (χ3n) is 3.57. The molecule has 0 fully saturated rings. The molecule has 24 heavy (non-hydrogen) atoms. The third kappa shape index (κ3) is 4.08. The fourth-order valence-corrected chi connectivity index (χ4v) is 2.62. The van der Waals surface area contributed by atoms with E-state index in [0.717, 1.165) is 17.8 Å². The summed E-state index contributed by atoms with van der Waals surface area (Å²) in [5, 5.41) is 6.86. The molecule has 6 heteroatoms. The molecule has 0 amide bonds. The van der Waals surface area contributed by atoms with E-state index in [2.05, 4.69) is 23.6 Å². The standard InChI is InChI=1S/C18H22N2O3S/c1-5-12-8-6-7-9-14(12)20-18(24)19-13-10-15(21-2)17(23-4)16(11-13)22-3/h6-11H,5H2,1-4H3,(H2,19,20,24). The molecule has 0 saturated heterocycles. The fourth-order valence-electron chi connectivity index (χ4n) is 2.39. The molecule has 2 aromatic carbocycles. The summed E-state index contributed by atoms with van der Waals surface area (Å²) < 4.78 is 16.0. The maximum Gasteiger partial charge on any atom is 0.203 e. The lowest BCUT2D eigenvalue weighted by atomic mass is 10.1. The van der Waals surface area contributed by atoms with Gasteiger partial charge < -0.3 is 24.8 Å². The summed E-state index contributed by atoms with van der Waals surface area (Å²) in [6.07, 6.45) is 0.927. The number of thiocarbonyl (C=S) groups is 1. The molecule has 0 aliphatic carbocycles. The second-order valence-corrected chi connectivity index (χ2v) is 5.41. The Bertz CT molecular complexity index is 694. The van der Waals surface area contributed by atoms with Crippen LogP contribution in [0.2, 0.25) is 0 Å². The summed E-state index contributed by atoms with van der Waals surface area (Å²) in [5.74, 6) is 1.67. The maximum atomic E-state index is 5.41. The highest BCUT2D eigenvalue weighted by molar-refractivity contribution is 7.80. The highest BCUT2D eigenvalue weighted by Crippen LogP contribution is 2.39. The first-order valence-corrected chi connectivity index (χ1v) is 7.99. The van der Waals surface area contributed by atoms with Crippen LogP contribution in [-0.4, -0.2) is 26.4 Å². The van der Waals surface area contributed by atoms with Gasteiger partial charge in [-0.25, -0.2) is 0 Å². The number of benzene rings is 2. The zero-order valence-corrected chi connectivity index (χ0v) is 15.1. The number of rotatable bonds is 6. The van der Waals surface area contributed by atoms with Crippen molar-refractivity contribution in [2.24, 2.45) is 0 Å². The van der Waals surface area contributed by atoms with Crippen LogP contribution in [0, 0.1) is 0 Å². The van der Waals surface area contributed by atoms with E-state index in [1.54, 1.807) is 33.5 Å². The average molecular weight is 346 g/mol. The maximum absolute atomic E-state index is 5.41. The first kappa shape index (κ1) is 17.9. The van der Waals surface area contributed by atoms with E-state index in [1.807, 2.05) is 18.2 Å². The van der Waals surface area contributed by atoms with Crippen molar-refractivity contribution in [3.05, 3.63) is 42.0 Å². The van der Waals surface area contributed by atoms with Gasteiger partial charge in [-0.3, -0.25) is 0 Å². The molecule has 0 atom stereocenters. The monoisotopic (exact) mass is 346 g/mol. The Balaban J connectivity index is 2.19. The summed E-state index contributed by atoms with van der Waals surface area (Å²) in [5.41, 5.74) is 2.94. The molecule has 0 radical (unpaired) electrons. The summed E-state index contributed by atoms with van der Waals surface area (Å²) >= 11 is 5.41. The van der Waals surface area contributed by atoms with Crippen LogP contribution < -0.4 is 24.8 Å². The van der Waals surface area contributed by atoms with E-state index in [9.17, 15) is 0 Å². The van der Waals surface area contributed by atoms with Crippen molar-refractivity contribution in [1.82, 2.24) is 0 Å². The Morgan fingerprint density at radius 3 is 2.12 bits per heavy atom. The van der Waals surface area contributed by atoms with Crippen molar-refractivity contribution < 1.29 is 14.2 Å². The second-order valence-electron chi connectivity index (χ2n) is 5.00. The van der Waals surface area contributed by atoms with Crippen LogP contribution in [0.25, 0.3) is 0 Å². The van der Waals surface area contributed by atoms with E-state index in [0.29, 0.717) is 22.4 Å². The average Bonchev–Trinajstić information content (AvgIpc) is 2.61. The van der Waals surface area contributed by atoms with Crippen molar-refractivity contribution >= 4 is 28.7 Å². The second kappa shape index (κ2) is 8.40. The smallest absolute Gasteiger partial charge is 0.203 e. The quantitative estimate of drug-likeness (QED) is 0.769. The molecular weight excluding hydrogens is 324 g/mol. The third-order valence-corrected chi connectivity index (χ3v) is 3.77. The number of aryl methyl sites for hydroxylation is 1. The van der Waals surface area contributed by atoms with Gasteiger partial charge in [-0.1, -0.05) is 25.1 Å². The molecule has 2 N–H and O–H groups in total. The Hall–Kier alpha value is -2.47. The Labute approximate surface area is 147 Å². The Kier molecular flexibility index (Phi) is 6.26. The summed E-state index contributed by atoms with van der Waals surface area (Å²) in [6, 6.07) is 11.7. The SMILES string of the molecule is CCc1ccccc1NC(=S)Nc1cc(OC)c(OC)c(OC)c1. The Morgan fingerprint density at radius 1 is 0.958 bits per heavy atom. The van der Waals surface area contributed by atoms with Gasteiger partial charge in [-0.2, -0.15) is 0 Å². The molecule has 0 unspecified atom stereocenters. The lowest BCUT2D eigenvalue weighted by molar-refractivity contribution is 0.324. The number of hydrogen-bond acceptors (Lipinski definition) is 4. The molecule has 0 aliphatic heterocycles. The first-order chi connectivity index (χ1) is 11.6. The molecule has 0 saturated carbocycles. The molecule has 0 bridgehead atoms. The zero-order chi connectivity index (χ0) is 17.5. The molecule has 0 heterocycles. The highest BCUT2D eigenvalue weighted by Gasteiger charge is 2.14. The van der Waals surface area contributed by atoms with Gasteiger partial charge in [-0.15, -0.1) is 0 Å². The van der Waals surface area contributed by atoms with Gasteiger partial charge in [0.2, 0.25) is 5.75 Å². The van der Waals surface area contributed by atoms with E-state index in [-0.39, 0.29) is 0 Å². The molecule has 2 rings (SSSR count). The van der Waals surface area contributed by atoms with E-state index in [1.165, 1.54) is 5.56 Å². The van der Waals surface area contributed by atoms with Gasteiger partial charge in [0, 0.05) is 23.5 Å². The van der Waals surface area contributed by atoms with Crippen LogP contribution in [0.1, 0.15) is 12.5 Å². The number of nitrogens with one attached hydrogen (secondary N) is 2. The summed E-state index contributed by atoms with van der Waals surface area (Å²) in [6.45, 7) is 2.11. The molecule has 0 aromatic heterocycles. The van der Waals surface area contributed by atoms with Crippen LogP contribution in [0.4, 0.5) is 11.4 Å². The molecule has 0 spiro atoms. The van der Waals surface area contributed by atoms with E-state index in [4.69, 9.17) is 26.4 Å². The molecular formula is C18H22N2O3S. The Morgan fingerprint density at radius 2 is 1.58 bits per heavy atom. The van der Waals surface area contributed by atoms with Crippen LogP contribution >= 0.6 is 12.2 Å². The van der Waals surface area contributed by atoms with Crippen molar-refractivity contribution in [2.45, 2.75) is 13.3 Å². The number of anilines is 2. The number of methoxy groups -OCH3 is 3. The van der Waals surface area contributed by atoms with Crippen LogP contribution in [-0.2, 0) is 6.42 Å². The van der Waals surface area contributed by atoms with E-state index >= 15 is 0 Å². The minimum atomic E-state index is 0.491. The predicted octanol–water partition coefficient (Wildman–Crippen LogP) is 4.08. The van der Waals surface area contributed by atoms with Gasteiger partial charge >= 0.3 is 0 Å². The minimum Gasteiger partial charge on any atom is -0.493 e. The van der Waals surface area contributed by atoms with Gasteiger partial charge in [0.05, 0.1) is 21.3 Å². The topological polar surface area (TPSA) is 51.8 Å². The van der Waals surface area contributed by atoms with Gasteiger partial charge in [-0.05, 0) is 30.3 Å². The highest BCUT2D eigenvalue weighted by atomic mass is 32.1. The zero-order valence-electron chi connectivity index (χ0n) is 14.3. The molecule has 5 nitrogen and oxygen atoms in total. The van der Waals surface area contributed by atoms with Crippen molar-refractivity contribution in [3.63, 3.8) is 0 Å². The normalized spacial score (nSPS) is 10.0. The van der Waals surface area contributed by atoms with Gasteiger partial charge in [0.1, 0.15) is 0 Å². The van der Waals surface area contributed by atoms with Crippen LogP contribution in [0.15, 0.2) is 36.4 Å². The lowest BCUT2D eigenvalue weighted by Crippen LogP contribution is -2.20. The van der Waals surface area contributed by atoms with E-state index < -0.39 is 0 Å². The largest absolute Gasteiger partial charge is 0.493 e. The van der Waals surface area contributed by atoms with Crippen molar-refractivity contribution in [1.29, 1.82) is 0 Å². The van der Waals surface area contributed by atoms with Crippen molar-refractivity contribution in [2.75, 3.05) is 32.0 Å². The van der Waals surface area contributed by atoms with Gasteiger partial charge in [0.15, 0.2) is 16.6 Å². The number of hydrogen-bond donors (Lipinski definition) is 2.